The van der Waals surface area contributed by atoms with Crippen molar-refractivity contribution in [1.82, 2.24) is 10.3 Å². The summed E-state index contributed by atoms with van der Waals surface area (Å²) in [6.45, 7) is 10.3. The minimum atomic E-state index is -0.584. The second-order valence-electron chi connectivity index (χ2n) is 9.57. The number of pyridine rings is 1. The van der Waals surface area contributed by atoms with Crippen LogP contribution >= 0.6 is 0 Å². The summed E-state index contributed by atoms with van der Waals surface area (Å²) in [5.41, 5.74) is 2.13. The molecule has 0 spiro atoms. The molecule has 1 atom stereocenters. The highest BCUT2D eigenvalue weighted by molar-refractivity contribution is 5.85. The van der Waals surface area contributed by atoms with Crippen molar-refractivity contribution in [3.05, 3.63) is 36.0 Å². The normalized spacial score (nSPS) is 13.1. The molecule has 9 heteroatoms. The Labute approximate surface area is 200 Å². The number of ether oxygens (including phenoxy) is 4. The van der Waals surface area contributed by atoms with E-state index in [4.69, 9.17) is 14.2 Å². The van der Waals surface area contributed by atoms with Gasteiger partial charge in [0.1, 0.15) is 36.1 Å². The third kappa shape index (κ3) is 7.00. The molecule has 1 aliphatic rings. The summed E-state index contributed by atoms with van der Waals surface area (Å²) in [5.74, 6) is 2.06. The van der Waals surface area contributed by atoms with E-state index in [-0.39, 0.29) is 6.04 Å². The van der Waals surface area contributed by atoms with Gasteiger partial charge in [0.2, 0.25) is 0 Å². The van der Waals surface area contributed by atoms with Crippen molar-refractivity contribution < 1.29 is 28.5 Å². The molecule has 0 radical (unpaired) electrons. The Morgan fingerprint density at radius 1 is 1.15 bits per heavy atom. The molecule has 3 rings (SSSR count). The summed E-state index contributed by atoms with van der Waals surface area (Å²) in [5, 5.41) is 5.49. The molecular weight excluding hydrogens is 438 g/mol. The van der Waals surface area contributed by atoms with Gasteiger partial charge in [-0.3, -0.25) is 5.32 Å². The highest BCUT2D eigenvalue weighted by Gasteiger charge is 2.22. The van der Waals surface area contributed by atoms with Crippen LogP contribution in [0.1, 0.15) is 46.6 Å². The van der Waals surface area contributed by atoms with Crippen LogP contribution in [0.5, 0.6) is 11.5 Å². The van der Waals surface area contributed by atoms with E-state index in [1.54, 1.807) is 12.3 Å². The van der Waals surface area contributed by atoms with Gasteiger partial charge in [0, 0.05) is 23.4 Å². The van der Waals surface area contributed by atoms with Crippen molar-refractivity contribution in [3.63, 3.8) is 0 Å². The number of nitrogens with one attached hydrogen (secondary N) is 2. The van der Waals surface area contributed by atoms with Crippen LogP contribution in [-0.2, 0) is 16.1 Å². The first-order chi connectivity index (χ1) is 16.0. The largest absolute Gasteiger partial charge is 0.491 e. The number of amides is 2. The van der Waals surface area contributed by atoms with Gasteiger partial charge in [0.05, 0.1) is 13.2 Å². The molecule has 2 heterocycles. The molecule has 184 valence electrons. The minimum absolute atomic E-state index is 0.203. The zero-order valence-corrected chi connectivity index (χ0v) is 20.6. The molecule has 1 aromatic carbocycles. The Bertz CT molecular complexity index is 1030. The standard InChI is InChI=1S/C25H33N3O6/c1-15(2)9-17(27-24(30)34-25(3,4)5)14-32-18-7-8-19-20-11-22(28-23(29)31-6)26-12-16(20)13-33-21(19)10-18/h7-8,10-12,15,17H,9,13-14H2,1-6H3,(H,27,30)(H,26,28,29)/t17-/m0/s1. The number of aromatic nitrogens is 1. The van der Waals surface area contributed by atoms with Crippen LogP contribution in [0.15, 0.2) is 30.5 Å². The Kier molecular flexibility index (Phi) is 7.86. The number of anilines is 1. The van der Waals surface area contributed by atoms with Crippen molar-refractivity contribution in [2.24, 2.45) is 5.92 Å². The van der Waals surface area contributed by atoms with Crippen molar-refractivity contribution >= 4 is 18.0 Å². The molecule has 0 saturated heterocycles. The number of carbonyl (C=O) groups is 2. The zero-order valence-electron chi connectivity index (χ0n) is 20.6. The van der Waals surface area contributed by atoms with Gasteiger partial charge < -0.3 is 24.3 Å². The van der Waals surface area contributed by atoms with E-state index in [9.17, 15) is 9.59 Å². The fraction of sp³-hybridized carbons (Fsp3) is 0.480. The highest BCUT2D eigenvalue weighted by atomic mass is 16.6. The van der Waals surface area contributed by atoms with Crippen LogP contribution in [0.2, 0.25) is 0 Å². The summed E-state index contributed by atoms with van der Waals surface area (Å²) >= 11 is 0. The lowest BCUT2D eigenvalue weighted by Gasteiger charge is -2.25. The number of hydrogen-bond donors (Lipinski definition) is 2. The van der Waals surface area contributed by atoms with Gasteiger partial charge >= 0.3 is 12.2 Å². The van der Waals surface area contributed by atoms with Crippen LogP contribution in [0.3, 0.4) is 0 Å². The predicted molar refractivity (Wildman–Crippen MR) is 128 cm³/mol. The van der Waals surface area contributed by atoms with Crippen LogP contribution in [-0.4, -0.2) is 42.5 Å². The lowest BCUT2D eigenvalue weighted by molar-refractivity contribution is 0.0480. The minimum Gasteiger partial charge on any atom is -0.491 e. The Morgan fingerprint density at radius 3 is 2.59 bits per heavy atom. The second-order valence-corrected chi connectivity index (χ2v) is 9.57. The SMILES string of the molecule is COC(=O)Nc1cc2c(cn1)COc1cc(OC[C@H](CC(C)C)NC(=O)OC(C)(C)C)ccc1-2. The van der Waals surface area contributed by atoms with Crippen molar-refractivity contribution in [2.75, 3.05) is 19.0 Å². The number of benzene rings is 1. The molecule has 0 fully saturated rings. The number of nitrogens with zero attached hydrogens (tertiary/aromatic N) is 1. The van der Waals surface area contributed by atoms with Gasteiger partial charge in [-0.05, 0) is 56.9 Å². The van der Waals surface area contributed by atoms with E-state index in [0.29, 0.717) is 36.4 Å². The van der Waals surface area contributed by atoms with Gasteiger partial charge in [-0.1, -0.05) is 13.8 Å². The van der Waals surface area contributed by atoms with E-state index in [1.807, 2.05) is 39.0 Å². The summed E-state index contributed by atoms with van der Waals surface area (Å²) in [7, 11) is 1.30. The van der Waals surface area contributed by atoms with Crippen molar-refractivity contribution in [1.29, 1.82) is 0 Å². The molecule has 0 saturated carbocycles. The van der Waals surface area contributed by atoms with Gasteiger partial charge in [0.25, 0.3) is 0 Å². The molecule has 2 amide bonds. The number of methoxy groups -OCH3 is 1. The fourth-order valence-corrected chi connectivity index (χ4v) is 3.57. The molecule has 34 heavy (non-hydrogen) atoms. The third-order valence-corrected chi connectivity index (χ3v) is 4.96. The average Bonchev–Trinajstić information content (AvgIpc) is 2.75. The Balaban J connectivity index is 1.71. The summed E-state index contributed by atoms with van der Waals surface area (Å²) in [6.07, 6.45) is 1.38. The van der Waals surface area contributed by atoms with Crippen molar-refractivity contribution in [2.45, 2.75) is 59.3 Å². The van der Waals surface area contributed by atoms with E-state index < -0.39 is 17.8 Å². The van der Waals surface area contributed by atoms with E-state index in [2.05, 4.69) is 34.2 Å². The maximum Gasteiger partial charge on any atom is 0.412 e. The molecule has 1 aliphatic heterocycles. The van der Waals surface area contributed by atoms with Gasteiger partial charge in [-0.2, -0.15) is 0 Å². The second kappa shape index (κ2) is 10.6. The smallest absolute Gasteiger partial charge is 0.412 e. The molecule has 1 aromatic heterocycles. The topological polar surface area (TPSA) is 108 Å². The summed E-state index contributed by atoms with van der Waals surface area (Å²) in [6, 6.07) is 7.17. The lowest BCUT2D eigenvalue weighted by Crippen LogP contribution is -2.42. The number of alkyl carbamates (subject to hydrolysis) is 1. The first-order valence-corrected chi connectivity index (χ1v) is 11.3. The number of hydrogen-bond acceptors (Lipinski definition) is 7. The highest BCUT2D eigenvalue weighted by Crippen LogP contribution is 2.40. The molecular formula is C25H33N3O6. The first-order valence-electron chi connectivity index (χ1n) is 11.3. The van der Waals surface area contributed by atoms with E-state index in [1.165, 1.54) is 7.11 Å². The molecule has 0 bridgehead atoms. The monoisotopic (exact) mass is 471 g/mol. The van der Waals surface area contributed by atoms with Gasteiger partial charge in [0.15, 0.2) is 0 Å². The maximum absolute atomic E-state index is 12.2. The molecule has 2 N–H and O–H groups in total. The molecule has 9 nitrogen and oxygen atoms in total. The van der Waals surface area contributed by atoms with Crippen LogP contribution < -0.4 is 20.1 Å². The van der Waals surface area contributed by atoms with Gasteiger partial charge in [-0.15, -0.1) is 0 Å². The fourth-order valence-electron chi connectivity index (χ4n) is 3.57. The van der Waals surface area contributed by atoms with Gasteiger partial charge in [-0.25, -0.2) is 14.6 Å². The molecule has 0 unspecified atom stereocenters. The first kappa shape index (κ1) is 25.1. The van der Waals surface area contributed by atoms with E-state index in [0.717, 1.165) is 23.1 Å². The van der Waals surface area contributed by atoms with Crippen LogP contribution in [0, 0.1) is 5.92 Å². The number of rotatable bonds is 7. The summed E-state index contributed by atoms with van der Waals surface area (Å²) in [4.78, 5) is 28.0. The number of fused-ring (bicyclic) bond motifs is 3. The molecule has 2 aromatic rings. The molecule has 0 aliphatic carbocycles. The predicted octanol–water partition coefficient (Wildman–Crippen LogP) is 5.14. The van der Waals surface area contributed by atoms with Crippen LogP contribution in [0.25, 0.3) is 11.1 Å². The lowest BCUT2D eigenvalue weighted by atomic mass is 9.98. The Morgan fingerprint density at radius 2 is 1.91 bits per heavy atom. The number of carbonyl (C=O) groups excluding carboxylic acids is 2. The average molecular weight is 472 g/mol. The third-order valence-electron chi connectivity index (χ3n) is 4.96. The van der Waals surface area contributed by atoms with Crippen molar-refractivity contribution in [3.8, 4) is 22.6 Å². The van der Waals surface area contributed by atoms with E-state index >= 15 is 0 Å². The van der Waals surface area contributed by atoms with Crippen LogP contribution in [0.4, 0.5) is 15.4 Å². The summed E-state index contributed by atoms with van der Waals surface area (Å²) < 4.78 is 21.9. The quantitative estimate of drug-likeness (QED) is 0.576. The zero-order chi connectivity index (χ0) is 24.9. The Hall–Kier alpha value is -3.49. The maximum atomic E-state index is 12.2.